The Morgan fingerprint density at radius 1 is 1.05 bits per heavy atom. The summed E-state index contributed by atoms with van der Waals surface area (Å²) in [6.07, 6.45) is 10.3. The van der Waals surface area contributed by atoms with E-state index in [0.717, 1.165) is 55.6 Å². The van der Waals surface area contributed by atoms with E-state index < -0.39 is 11.1 Å². The van der Waals surface area contributed by atoms with Gasteiger partial charge in [-0.15, -0.1) is 0 Å². The van der Waals surface area contributed by atoms with Crippen molar-refractivity contribution in [3.05, 3.63) is 48.4 Å². The lowest BCUT2D eigenvalue weighted by Crippen LogP contribution is -2.71. The Labute approximate surface area is 246 Å². The zero-order valence-electron chi connectivity index (χ0n) is 25.1. The van der Waals surface area contributed by atoms with Crippen LogP contribution in [0.4, 0.5) is 10.1 Å². The first-order chi connectivity index (χ1) is 20.0. The van der Waals surface area contributed by atoms with E-state index in [2.05, 4.69) is 35.9 Å². The molecule has 3 aromatic rings. The van der Waals surface area contributed by atoms with Crippen LogP contribution in [0.2, 0.25) is 0 Å². The minimum Gasteiger partial charge on any atom is -0.491 e. The zero-order valence-corrected chi connectivity index (χ0v) is 25.1. The normalized spacial score (nSPS) is 31.3. The molecular formula is C33H40FN5O3. The highest BCUT2D eigenvalue weighted by molar-refractivity contribution is 6.00. The van der Waals surface area contributed by atoms with Crippen LogP contribution in [0.25, 0.3) is 11.4 Å². The first-order valence-electron chi connectivity index (χ1n) is 15.4. The Kier molecular flexibility index (Phi) is 6.09. The van der Waals surface area contributed by atoms with Crippen LogP contribution in [-0.4, -0.2) is 44.8 Å². The van der Waals surface area contributed by atoms with Crippen LogP contribution in [0.1, 0.15) is 97.2 Å². The fraction of sp³-hybridized carbons (Fsp3) is 0.606. The molecule has 0 atom stereocenters. The monoisotopic (exact) mass is 573 g/mol. The van der Waals surface area contributed by atoms with E-state index in [-0.39, 0.29) is 22.2 Å². The Morgan fingerprint density at radius 3 is 2.29 bits per heavy atom. The molecule has 0 unspecified atom stereocenters. The van der Waals surface area contributed by atoms with E-state index in [1.165, 1.54) is 0 Å². The largest absolute Gasteiger partial charge is 0.491 e. The van der Waals surface area contributed by atoms with Crippen LogP contribution in [0.15, 0.2) is 41.2 Å². The summed E-state index contributed by atoms with van der Waals surface area (Å²) in [6.45, 7) is 9.38. The number of alkyl halides is 1. The molecule has 6 aliphatic carbocycles. The molecule has 0 radical (unpaired) electrons. The third kappa shape index (κ3) is 4.42. The zero-order chi connectivity index (χ0) is 29.4. The van der Waals surface area contributed by atoms with Crippen LogP contribution < -0.4 is 9.64 Å². The summed E-state index contributed by atoms with van der Waals surface area (Å²) in [4.78, 5) is 30.0. The molecular weight excluding hydrogens is 533 g/mol. The van der Waals surface area contributed by atoms with Crippen molar-refractivity contribution in [1.82, 2.24) is 20.1 Å². The van der Waals surface area contributed by atoms with Crippen molar-refractivity contribution in [3.8, 4) is 17.1 Å². The highest BCUT2D eigenvalue weighted by Crippen LogP contribution is 2.70. The Hall–Kier alpha value is -3.36. The maximum atomic E-state index is 14.6. The minimum absolute atomic E-state index is 0.0105. The fourth-order valence-electron chi connectivity index (χ4n) is 7.89. The van der Waals surface area contributed by atoms with Crippen molar-refractivity contribution in [3.63, 3.8) is 0 Å². The van der Waals surface area contributed by atoms with Crippen molar-refractivity contribution in [2.45, 2.75) is 102 Å². The van der Waals surface area contributed by atoms with Gasteiger partial charge in [-0.2, -0.15) is 4.98 Å². The Bertz CT molecular complexity index is 1470. The van der Waals surface area contributed by atoms with Crippen LogP contribution in [0.5, 0.6) is 5.75 Å². The second-order valence-electron chi connectivity index (χ2n) is 14.5. The van der Waals surface area contributed by atoms with Gasteiger partial charge in [-0.3, -0.25) is 4.79 Å². The van der Waals surface area contributed by atoms with Gasteiger partial charge in [0.2, 0.25) is 11.8 Å². The molecule has 6 fully saturated rings. The van der Waals surface area contributed by atoms with Gasteiger partial charge in [0.05, 0.1) is 24.4 Å². The molecule has 0 spiro atoms. The number of halogens is 1. The molecule has 0 N–H and O–H groups in total. The Morgan fingerprint density at radius 2 is 1.71 bits per heavy atom. The first kappa shape index (κ1) is 27.5. The summed E-state index contributed by atoms with van der Waals surface area (Å²) >= 11 is 0. The van der Waals surface area contributed by atoms with Gasteiger partial charge in [0.1, 0.15) is 5.67 Å². The number of carbonyl (C=O) groups excluding carboxylic acids is 1. The van der Waals surface area contributed by atoms with E-state index >= 15 is 0 Å². The number of carbonyl (C=O) groups is 1. The van der Waals surface area contributed by atoms with Crippen LogP contribution in [0.3, 0.4) is 0 Å². The van der Waals surface area contributed by atoms with Crippen LogP contribution in [-0.2, 0) is 15.6 Å². The summed E-state index contributed by atoms with van der Waals surface area (Å²) in [5.74, 6) is 2.80. The molecule has 6 aliphatic rings. The number of anilines is 1. The van der Waals surface area contributed by atoms with Gasteiger partial charge < -0.3 is 14.2 Å². The number of rotatable bonds is 8. The molecule has 42 heavy (non-hydrogen) atoms. The van der Waals surface area contributed by atoms with Gasteiger partial charge in [-0.25, -0.2) is 14.4 Å². The lowest BCUT2D eigenvalue weighted by atomic mass is 9.41. The SMILES string of the molecule is CCOc1cnc(-c2cccc(N(CC34CCC(c5noc(C(C)(C)C)n5)(CC3)CC4)C(=O)C34CC(F)(C3)C4)c2)nc1. The Balaban J connectivity index is 1.15. The molecule has 6 saturated carbocycles. The van der Waals surface area contributed by atoms with Crippen LogP contribution >= 0.6 is 0 Å². The molecule has 9 heteroatoms. The number of amides is 1. The number of fused-ring (bicyclic) bond motifs is 3. The van der Waals surface area contributed by atoms with Gasteiger partial charge in [0.25, 0.3) is 0 Å². The summed E-state index contributed by atoms with van der Waals surface area (Å²) in [5.41, 5.74) is -0.248. The summed E-state index contributed by atoms with van der Waals surface area (Å²) in [5, 5.41) is 4.44. The van der Waals surface area contributed by atoms with Gasteiger partial charge in [-0.05, 0) is 82.3 Å². The highest BCUT2D eigenvalue weighted by atomic mass is 19.1. The third-order valence-electron chi connectivity index (χ3n) is 10.5. The molecule has 9 rings (SSSR count). The lowest BCUT2D eigenvalue weighted by molar-refractivity contribution is -0.211. The summed E-state index contributed by atoms with van der Waals surface area (Å²) < 4.78 is 25.8. The fourth-order valence-corrected chi connectivity index (χ4v) is 7.89. The lowest BCUT2D eigenvalue weighted by Gasteiger charge is -2.65. The minimum atomic E-state index is -1.14. The second kappa shape index (κ2) is 9.32. The van der Waals surface area contributed by atoms with Crippen molar-refractivity contribution in [2.75, 3.05) is 18.1 Å². The van der Waals surface area contributed by atoms with E-state index in [9.17, 15) is 9.18 Å². The van der Waals surface area contributed by atoms with E-state index in [1.54, 1.807) is 12.4 Å². The topological polar surface area (TPSA) is 94.2 Å². The summed E-state index contributed by atoms with van der Waals surface area (Å²) in [6, 6.07) is 7.91. The van der Waals surface area contributed by atoms with Gasteiger partial charge >= 0.3 is 0 Å². The quantitative estimate of drug-likeness (QED) is 0.295. The van der Waals surface area contributed by atoms with E-state index in [1.807, 2.05) is 36.1 Å². The number of ether oxygens (including phenoxy) is 1. The van der Waals surface area contributed by atoms with Gasteiger partial charge in [0, 0.05) is 28.6 Å². The molecule has 222 valence electrons. The average molecular weight is 574 g/mol. The number of nitrogens with zero attached hydrogens (tertiary/aromatic N) is 5. The molecule has 2 heterocycles. The van der Waals surface area contributed by atoms with Crippen molar-refractivity contribution >= 4 is 11.6 Å². The predicted molar refractivity (Wildman–Crippen MR) is 156 cm³/mol. The number of hydrogen-bond donors (Lipinski definition) is 0. The molecule has 1 amide bonds. The second-order valence-corrected chi connectivity index (χ2v) is 14.5. The van der Waals surface area contributed by atoms with Crippen molar-refractivity contribution < 1.29 is 18.4 Å². The van der Waals surface area contributed by atoms with Crippen molar-refractivity contribution in [1.29, 1.82) is 0 Å². The third-order valence-corrected chi connectivity index (χ3v) is 10.5. The van der Waals surface area contributed by atoms with Gasteiger partial charge in [0.15, 0.2) is 17.4 Å². The maximum absolute atomic E-state index is 14.6. The van der Waals surface area contributed by atoms with E-state index in [0.29, 0.717) is 49.9 Å². The number of aromatic nitrogens is 4. The van der Waals surface area contributed by atoms with Crippen molar-refractivity contribution in [2.24, 2.45) is 10.8 Å². The first-order valence-corrected chi connectivity index (χ1v) is 15.4. The maximum Gasteiger partial charge on any atom is 0.233 e. The molecule has 2 aromatic heterocycles. The van der Waals surface area contributed by atoms with Gasteiger partial charge in [-0.1, -0.05) is 38.1 Å². The molecule has 0 saturated heterocycles. The van der Waals surface area contributed by atoms with Crippen LogP contribution in [0, 0.1) is 10.8 Å². The standard InChI is InChI=1S/C33H40FN5O3/c1-5-41-24-16-35-25(36-17-24)22-7-6-8-23(15-22)39(28(40)32-18-33(34,19-32)20-32)21-30-9-12-31(13-10-30,14-11-30)26-37-27(42-38-26)29(2,3)4/h6-8,15-17H,5,9-14,18-21H2,1-4H3. The molecule has 0 aliphatic heterocycles. The van der Waals surface area contributed by atoms with E-state index in [4.69, 9.17) is 14.2 Å². The highest BCUT2D eigenvalue weighted by Gasteiger charge is 2.73. The smallest absolute Gasteiger partial charge is 0.233 e. The summed E-state index contributed by atoms with van der Waals surface area (Å²) in [7, 11) is 0. The molecule has 8 nitrogen and oxygen atoms in total. The molecule has 4 bridgehead atoms. The number of hydrogen-bond acceptors (Lipinski definition) is 7. The number of benzene rings is 1. The average Bonchev–Trinajstić information content (AvgIpc) is 3.48. The molecule has 1 aromatic carbocycles. The predicted octanol–water partition coefficient (Wildman–Crippen LogP) is 6.74.